The molecule has 1 aromatic rings. The van der Waals surface area contributed by atoms with Gasteiger partial charge in [-0.05, 0) is 0 Å². The van der Waals surface area contributed by atoms with Crippen LogP contribution in [0.1, 0.15) is 18.2 Å². The number of nitrogen functional groups attached to an aromatic ring is 1. The summed E-state index contributed by atoms with van der Waals surface area (Å²) in [6, 6.07) is -0.927. The number of carboxylic acid groups (broad SMARTS) is 1. The summed E-state index contributed by atoms with van der Waals surface area (Å²) in [5.41, 5.74) is 11.2. The predicted molar refractivity (Wildman–Crippen MR) is 84.4 cm³/mol. The van der Waals surface area contributed by atoms with E-state index in [2.05, 4.69) is 4.98 Å². The first kappa shape index (κ1) is 18.8. The molecule has 1 aliphatic heterocycles. The maximum atomic E-state index is 12.0. The Hall–Kier alpha value is -1.49. The molecule has 24 heavy (non-hydrogen) atoms. The molecule has 4 atom stereocenters. The summed E-state index contributed by atoms with van der Waals surface area (Å²) >= 11 is -0.125. The molecule has 1 fully saturated rings. The fraction of sp³-hybridized carbons (Fsp3) is 0.615. The zero-order chi connectivity index (χ0) is 17.9. The van der Waals surface area contributed by atoms with E-state index in [0.29, 0.717) is 16.2 Å². The van der Waals surface area contributed by atoms with E-state index >= 15 is 0 Å². The van der Waals surface area contributed by atoms with Gasteiger partial charge >= 0.3 is 143 Å². The van der Waals surface area contributed by atoms with E-state index in [-0.39, 0.29) is 33.8 Å². The number of hydrogen-bond donors (Lipinski definition) is 5. The van der Waals surface area contributed by atoms with E-state index in [1.54, 1.807) is 0 Å². The van der Waals surface area contributed by atoms with Gasteiger partial charge in [0.2, 0.25) is 0 Å². The number of rotatable bonds is 7. The third-order valence-corrected chi connectivity index (χ3v) is 5.96. The molecule has 134 valence electrons. The first-order chi connectivity index (χ1) is 11.3. The molecule has 0 amide bonds. The van der Waals surface area contributed by atoms with Crippen LogP contribution < -0.4 is 17.2 Å². The van der Waals surface area contributed by atoms with Crippen LogP contribution in [0, 0.1) is 0 Å². The molecule has 0 aliphatic carbocycles. The zero-order valence-corrected chi connectivity index (χ0v) is 14.5. The van der Waals surface area contributed by atoms with E-state index in [1.807, 2.05) is 0 Å². The topological polar surface area (TPSA) is 174 Å². The Balaban J connectivity index is 2.11. The molecule has 1 saturated heterocycles. The molecule has 2 heterocycles. The van der Waals surface area contributed by atoms with Gasteiger partial charge < -0.3 is 0 Å². The van der Waals surface area contributed by atoms with E-state index in [1.165, 1.54) is 10.8 Å². The molecule has 0 spiro atoms. The summed E-state index contributed by atoms with van der Waals surface area (Å²) in [5, 5.41) is 28.5. The number of anilines is 1. The maximum absolute atomic E-state index is 12.0. The normalized spacial score (nSPS) is 24.9. The van der Waals surface area contributed by atoms with Crippen LogP contribution in [0.25, 0.3) is 0 Å². The van der Waals surface area contributed by atoms with Gasteiger partial charge in [-0.25, -0.2) is 0 Å². The second-order valence-electron chi connectivity index (χ2n) is 5.42. The number of nitrogens with zero attached hydrogens (tertiary/aromatic N) is 2. The van der Waals surface area contributed by atoms with Crippen molar-refractivity contribution < 1.29 is 24.9 Å². The number of nitrogens with two attached hydrogens (primary N) is 2. The van der Waals surface area contributed by atoms with Gasteiger partial charge in [-0.3, -0.25) is 0 Å². The molecule has 0 bridgehead atoms. The van der Waals surface area contributed by atoms with E-state index in [9.17, 15) is 14.7 Å². The van der Waals surface area contributed by atoms with Crippen molar-refractivity contribution in [3.63, 3.8) is 0 Å². The van der Waals surface area contributed by atoms with Crippen molar-refractivity contribution in [3.05, 3.63) is 22.2 Å². The predicted octanol–water partition coefficient (Wildman–Crippen LogP) is -2.50. The van der Waals surface area contributed by atoms with Gasteiger partial charge in [-0.15, -0.1) is 0 Å². The first-order valence-corrected chi connectivity index (χ1v) is 9.63. The SMILES string of the molecule is Nc1nc(=O)n([C@H]2C[C@H](O)[C@@H](CO)O2)cc1C[Se]CC(N)C(=O)O. The van der Waals surface area contributed by atoms with Gasteiger partial charge in [0.1, 0.15) is 0 Å². The molecule has 2 rings (SSSR count). The van der Waals surface area contributed by atoms with Crippen LogP contribution in [0.2, 0.25) is 5.32 Å². The Morgan fingerprint density at radius 3 is 2.88 bits per heavy atom. The zero-order valence-electron chi connectivity index (χ0n) is 12.7. The molecule has 0 radical (unpaired) electrons. The molecule has 11 heteroatoms. The van der Waals surface area contributed by atoms with Crippen molar-refractivity contribution in [2.75, 3.05) is 12.3 Å². The number of carbonyl (C=O) groups is 1. The third-order valence-electron chi connectivity index (χ3n) is 3.63. The molecule has 1 aliphatic rings. The molecular weight excluding hydrogens is 387 g/mol. The van der Waals surface area contributed by atoms with Gasteiger partial charge in [0, 0.05) is 0 Å². The molecule has 10 nitrogen and oxygen atoms in total. The van der Waals surface area contributed by atoms with E-state index < -0.39 is 36.1 Å². The average Bonchev–Trinajstić information content (AvgIpc) is 2.89. The molecular formula is C13H20N4O6Se. The number of hydrogen-bond acceptors (Lipinski definition) is 8. The number of aromatic nitrogens is 2. The van der Waals surface area contributed by atoms with Crippen molar-refractivity contribution in [2.45, 2.75) is 41.5 Å². The summed E-state index contributed by atoms with van der Waals surface area (Å²) < 4.78 is 6.68. The summed E-state index contributed by atoms with van der Waals surface area (Å²) in [7, 11) is 0. The Bertz CT molecular complexity index is 654. The number of aliphatic hydroxyl groups is 2. The van der Waals surface area contributed by atoms with Gasteiger partial charge in [-0.2, -0.15) is 0 Å². The van der Waals surface area contributed by atoms with Gasteiger partial charge in [0.15, 0.2) is 0 Å². The van der Waals surface area contributed by atoms with Crippen molar-refractivity contribution in [3.8, 4) is 0 Å². The van der Waals surface area contributed by atoms with Crippen LogP contribution in [-0.4, -0.2) is 70.7 Å². The summed E-state index contributed by atoms with van der Waals surface area (Å²) in [6.07, 6.45) is -0.683. The van der Waals surface area contributed by atoms with Gasteiger partial charge in [0.05, 0.1) is 0 Å². The first-order valence-electron chi connectivity index (χ1n) is 7.21. The Morgan fingerprint density at radius 1 is 1.58 bits per heavy atom. The van der Waals surface area contributed by atoms with Crippen LogP contribution in [-0.2, 0) is 14.9 Å². The Labute approximate surface area is 143 Å². The fourth-order valence-electron chi connectivity index (χ4n) is 2.26. The van der Waals surface area contributed by atoms with E-state index in [0.717, 1.165) is 0 Å². The number of aliphatic hydroxyl groups excluding tert-OH is 2. The Morgan fingerprint density at radius 2 is 2.29 bits per heavy atom. The quantitative estimate of drug-likeness (QED) is 0.306. The van der Waals surface area contributed by atoms with Crippen molar-refractivity contribution in [2.24, 2.45) is 5.73 Å². The number of ether oxygens (including phenoxy) is 1. The monoisotopic (exact) mass is 408 g/mol. The molecule has 0 aromatic carbocycles. The van der Waals surface area contributed by atoms with Crippen LogP contribution in [0.3, 0.4) is 0 Å². The van der Waals surface area contributed by atoms with Crippen LogP contribution in [0.5, 0.6) is 0 Å². The van der Waals surface area contributed by atoms with E-state index in [4.69, 9.17) is 26.4 Å². The molecule has 1 aromatic heterocycles. The third kappa shape index (κ3) is 4.32. The summed E-state index contributed by atoms with van der Waals surface area (Å²) in [5.74, 6) is -0.976. The fourth-order valence-corrected chi connectivity index (χ4v) is 4.26. The van der Waals surface area contributed by atoms with Crippen molar-refractivity contribution in [1.29, 1.82) is 0 Å². The van der Waals surface area contributed by atoms with Crippen LogP contribution in [0.4, 0.5) is 5.82 Å². The number of aliphatic carboxylic acids is 1. The van der Waals surface area contributed by atoms with Crippen molar-refractivity contribution in [1.82, 2.24) is 9.55 Å². The number of carboxylic acids is 1. The minimum absolute atomic E-state index is 0.0827. The average molecular weight is 407 g/mol. The van der Waals surface area contributed by atoms with Gasteiger partial charge in [0.25, 0.3) is 0 Å². The van der Waals surface area contributed by atoms with Gasteiger partial charge in [-0.1, -0.05) is 0 Å². The second-order valence-corrected chi connectivity index (χ2v) is 7.58. The second kappa shape index (κ2) is 8.06. The molecule has 1 unspecified atom stereocenters. The molecule has 0 saturated carbocycles. The molecule has 7 N–H and O–H groups in total. The van der Waals surface area contributed by atoms with Crippen molar-refractivity contribution >= 4 is 26.7 Å². The van der Waals surface area contributed by atoms with Crippen LogP contribution in [0.15, 0.2) is 11.0 Å². The minimum atomic E-state index is -1.06. The summed E-state index contributed by atoms with van der Waals surface area (Å²) in [6.45, 7) is -0.349. The van der Waals surface area contributed by atoms with Crippen LogP contribution >= 0.6 is 0 Å². The standard InChI is InChI=1S/C13H20N4O6Se/c14-7(12(20)21)5-24-4-6-2-17(13(22)16-11(6)15)10-1-8(19)9(3-18)23-10/h2,7-10,18-19H,1,3-5,14H2,(H,20,21)(H2,15,16,22)/t7?,8-,9+,10+/m0/s1. The Kier molecular flexibility index (Phi) is 6.33. The summed E-state index contributed by atoms with van der Waals surface area (Å²) in [4.78, 5) is 26.5.